The smallest absolute Gasteiger partial charge is 0.335 e. The molecule has 0 amide bonds. The van der Waals surface area contributed by atoms with Gasteiger partial charge < -0.3 is 16.2 Å². The van der Waals surface area contributed by atoms with Crippen molar-refractivity contribution >= 4 is 11.7 Å². The molecule has 14 heavy (non-hydrogen) atoms. The first-order valence-corrected chi connectivity index (χ1v) is 4.52. The van der Waals surface area contributed by atoms with Crippen molar-refractivity contribution in [1.29, 1.82) is 0 Å². The molecule has 4 N–H and O–H groups in total. The Morgan fingerprint density at radius 3 is 3.07 bits per heavy atom. The number of carbonyl (C=O) groups is 1. The van der Waals surface area contributed by atoms with Crippen molar-refractivity contribution in [3.63, 3.8) is 0 Å². The van der Waals surface area contributed by atoms with Gasteiger partial charge in [0.05, 0.1) is 5.56 Å². The van der Waals surface area contributed by atoms with Gasteiger partial charge in [-0.3, -0.25) is 0 Å². The van der Waals surface area contributed by atoms with Crippen molar-refractivity contribution < 1.29 is 9.90 Å². The molecular formula is C10H12N2O2. The number of hydrogen-bond acceptors (Lipinski definition) is 3. The molecule has 1 heterocycles. The van der Waals surface area contributed by atoms with Crippen LogP contribution in [0.15, 0.2) is 18.2 Å². The lowest BCUT2D eigenvalue weighted by molar-refractivity contribution is 0.0697. The Balaban J connectivity index is 2.37. The van der Waals surface area contributed by atoms with Crippen molar-refractivity contribution in [2.24, 2.45) is 5.73 Å². The van der Waals surface area contributed by atoms with Gasteiger partial charge in [-0.25, -0.2) is 4.79 Å². The van der Waals surface area contributed by atoms with Crippen molar-refractivity contribution in [1.82, 2.24) is 0 Å². The van der Waals surface area contributed by atoms with Crippen LogP contribution in [0.4, 0.5) is 5.69 Å². The van der Waals surface area contributed by atoms with E-state index in [1.807, 2.05) is 0 Å². The molecule has 1 aromatic rings. The Bertz CT molecular complexity index is 376. The van der Waals surface area contributed by atoms with Gasteiger partial charge in [0.15, 0.2) is 0 Å². The summed E-state index contributed by atoms with van der Waals surface area (Å²) in [5, 5.41) is 12.0. The van der Waals surface area contributed by atoms with Crippen LogP contribution in [0.3, 0.4) is 0 Å². The molecule has 0 radical (unpaired) electrons. The van der Waals surface area contributed by atoms with Gasteiger partial charge in [0.1, 0.15) is 0 Å². The fraction of sp³-hybridized carbons (Fsp3) is 0.300. The topological polar surface area (TPSA) is 75.3 Å². The molecule has 4 heteroatoms. The minimum atomic E-state index is -0.896. The number of fused-ring (bicyclic) bond motifs is 1. The van der Waals surface area contributed by atoms with Crippen molar-refractivity contribution in [3.8, 4) is 0 Å². The Kier molecular flexibility index (Phi) is 2.13. The van der Waals surface area contributed by atoms with Crippen LogP contribution < -0.4 is 11.1 Å². The van der Waals surface area contributed by atoms with Crippen LogP contribution in [-0.4, -0.2) is 23.7 Å². The summed E-state index contributed by atoms with van der Waals surface area (Å²) < 4.78 is 0. The number of anilines is 1. The number of benzene rings is 1. The number of carboxylic acid groups (broad SMARTS) is 1. The molecule has 4 nitrogen and oxygen atoms in total. The van der Waals surface area contributed by atoms with Crippen molar-refractivity contribution in [2.75, 3.05) is 11.9 Å². The average Bonchev–Trinajstić information content (AvgIpc) is 2.16. The number of carboxylic acids is 1. The second-order valence-electron chi connectivity index (χ2n) is 3.52. The summed E-state index contributed by atoms with van der Waals surface area (Å²) in [6.07, 6.45) is 0.740. The SMILES string of the molecule is N[C@@H]1CNc2ccc(C(=O)O)cc2C1. The highest BCUT2D eigenvalue weighted by Gasteiger charge is 2.16. The Hall–Kier alpha value is -1.55. The molecular weight excluding hydrogens is 180 g/mol. The van der Waals surface area contributed by atoms with E-state index in [1.54, 1.807) is 18.2 Å². The maximum atomic E-state index is 10.7. The van der Waals surface area contributed by atoms with Gasteiger partial charge in [0.2, 0.25) is 0 Å². The zero-order valence-electron chi connectivity index (χ0n) is 7.66. The number of hydrogen-bond donors (Lipinski definition) is 3. The standard InChI is InChI=1S/C10H12N2O2/c11-8-4-7-3-6(10(13)14)1-2-9(7)12-5-8/h1-3,8,12H,4-5,11H2,(H,13,14)/t8-/m0/s1. The zero-order chi connectivity index (χ0) is 10.1. The van der Waals surface area contributed by atoms with Gasteiger partial charge in [-0.2, -0.15) is 0 Å². The lowest BCUT2D eigenvalue weighted by Gasteiger charge is -2.23. The van der Waals surface area contributed by atoms with Gasteiger partial charge >= 0.3 is 5.97 Å². The van der Waals surface area contributed by atoms with E-state index in [1.165, 1.54) is 0 Å². The summed E-state index contributed by atoms with van der Waals surface area (Å²) in [5.41, 5.74) is 8.07. The molecule has 1 aromatic carbocycles. The fourth-order valence-electron chi connectivity index (χ4n) is 1.66. The molecule has 0 aromatic heterocycles. The summed E-state index contributed by atoms with van der Waals surface area (Å²) in [6, 6.07) is 5.16. The first-order chi connectivity index (χ1) is 6.66. The van der Waals surface area contributed by atoms with Gasteiger partial charge in [0.25, 0.3) is 0 Å². The number of rotatable bonds is 1. The van der Waals surface area contributed by atoms with E-state index in [0.29, 0.717) is 5.56 Å². The predicted octanol–water partition coefficient (Wildman–Crippen LogP) is 0.680. The predicted molar refractivity (Wildman–Crippen MR) is 53.6 cm³/mol. The minimum Gasteiger partial charge on any atom is -0.478 e. The van der Waals surface area contributed by atoms with E-state index >= 15 is 0 Å². The molecule has 0 saturated heterocycles. The molecule has 1 atom stereocenters. The van der Waals surface area contributed by atoms with Crippen LogP contribution in [0.25, 0.3) is 0 Å². The van der Waals surface area contributed by atoms with E-state index in [4.69, 9.17) is 10.8 Å². The van der Waals surface area contributed by atoms with Gasteiger partial charge in [0, 0.05) is 18.3 Å². The number of aromatic carboxylic acids is 1. The Morgan fingerprint density at radius 2 is 2.36 bits per heavy atom. The van der Waals surface area contributed by atoms with Crippen LogP contribution in [0.1, 0.15) is 15.9 Å². The molecule has 1 aliphatic rings. The minimum absolute atomic E-state index is 0.0755. The molecule has 0 saturated carbocycles. The third-order valence-corrected chi connectivity index (χ3v) is 2.39. The van der Waals surface area contributed by atoms with Crippen LogP contribution in [0.2, 0.25) is 0 Å². The van der Waals surface area contributed by atoms with Crippen LogP contribution in [0, 0.1) is 0 Å². The van der Waals surface area contributed by atoms with Crippen LogP contribution in [-0.2, 0) is 6.42 Å². The average molecular weight is 192 g/mol. The molecule has 0 fully saturated rings. The Labute approximate surface area is 81.7 Å². The highest BCUT2D eigenvalue weighted by atomic mass is 16.4. The highest BCUT2D eigenvalue weighted by Crippen LogP contribution is 2.22. The maximum absolute atomic E-state index is 10.7. The second-order valence-corrected chi connectivity index (χ2v) is 3.52. The van der Waals surface area contributed by atoms with Gasteiger partial charge in [-0.15, -0.1) is 0 Å². The summed E-state index contributed by atoms with van der Waals surface area (Å²) in [6.45, 7) is 0.749. The summed E-state index contributed by atoms with van der Waals surface area (Å²) in [7, 11) is 0. The molecule has 2 rings (SSSR count). The number of nitrogens with one attached hydrogen (secondary N) is 1. The fourth-order valence-corrected chi connectivity index (χ4v) is 1.66. The Morgan fingerprint density at radius 1 is 1.57 bits per heavy atom. The third-order valence-electron chi connectivity index (χ3n) is 2.39. The first-order valence-electron chi connectivity index (χ1n) is 4.52. The molecule has 1 aliphatic heterocycles. The van der Waals surface area contributed by atoms with E-state index in [0.717, 1.165) is 24.2 Å². The summed E-state index contributed by atoms with van der Waals surface area (Å²) >= 11 is 0. The van der Waals surface area contributed by atoms with Crippen molar-refractivity contribution in [2.45, 2.75) is 12.5 Å². The molecule has 0 unspecified atom stereocenters. The van der Waals surface area contributed by atoms with E-state index < -0.39 is 5.97 Å². The zero-order valence-corrected chi connectivity index (χ0v) is 7.66. The van der Waals surface area contributed by atoms with Gasteiger partial charge in [-0.05, 0) is 30.2 Å². The summed E-state index contributed by atoms with van der Waals surface area (Å²) in [4.78, 5) is 10.7. The second kappa shape index (κ2) is 3.31. The third kappa shape index (κ3) is 1.56. The largest absolute Gasteiger partial charge is 0.478 e. The monoisotopic (exact) mass is 192 g/mol. The highest BCUT2D eigenvalue weighted by molar-refractivity contribution is 5.88. The number of nitrogens with two attached hydrogens (primary N) is 1. The van der Waals surface area contributed by atoms with E-state index in [9.17, 15) is 4.79 Å². The lowest BCUT2D eigenvalue weighted by Crippen LogP contribution is -2.35. The molecule has 0 spiro atoms. The lowest BCUT2D eigenvalue weighted by atomic mass is 9.98. The normalized spacial score (nSPS) is 19.6. The maximum Gasteiger partial charge on any atom is 0.335 e. The van der Waals surface area contributed by atoms with E-state index in [-0.39, 0.29) is 6.04 Å². The van der Waals surface area contributed by atoms with Crippen LogP contribution >= 0.6 is 0 Å². The van der Waals surface area contributed by atoms with Crippen molar-refractivity contribution in [3.05, 3.63) is 29.3 Å². The quantitative estimate of drug-likeness (QED) is 0.611. The molecule has 0 bridgehead atoms. The first kappa shape index (κ1) is 9.02. The summed E-state index contributed by atoms with van der Waals surface area (Å²) in [5.74, 6) is -0.896. The van der Waals surface area contributed by atoms with Crippen LogP contribution in [0.5, 0.6) is 0 Å². The van der Waals surface area contributed by atoms with Gasteiger partial charge in [-0.1, -0.05) is 0 Å². The molecule has 74 valence electrons. The van der Waals surface area contributed by atoms with E-state index in [2.05, 4.69) is 5.32 Å². The molecule has 0 aliphatic carbocycles.